The predicted octanol–water partition coefficient (Wildman–Crippen LogP) is 1.96. The van der Waals surface area contributed by atoms with Crippen molar-refractivity contribution >= 4 is 12.4 Å². The molecule has 0 spiro atoms. The molecule has 87 valence electrons. The first-order valence-electron chi connectivity index (χ1n) is 4.63. The molecule has 0 amide bonds. The number of rotatable bonds is 4. The van der Waals surface area contributed by atoms with Crippen LogP contribution in [0.3, 0.4) is 0 Å². The van der Waals surface area contributed by atoms with E-state index in [1.54, 1.807) is 6.07 Å². The molecule has 3 N–H and O–H groups in total. The van der Waals surface area contributed by atoms with Gasteiger partial charge in [-0.15, -0.1) is 0 Å². The molecule has 0 aromatic heterocycles. The summed E-state index contributed by atoms with van der Waals surface area (Å²) >= 11 is 0. The van der Waals surface area contributed by atoms with E-state index >= 15 is 0 Å². The van der Waals surface area contributed by atoms with Crippen LogP contribution in [0.2, 0.25) is 0 Å². The summed E-state index contributed by atoms with van der Waals surface area (Å²) in [5, 5.41) is 24.2. The third-order valence-corrected chi connectivity index (χ3v) is 2.32. The summed E-state index contributed by atoms with van der Waals surface area (Å²) in [7, 11) is 1.46. The molecular formula is C11H14MnN2O2. The van der Waals surface area contributed by atoms with E-state index in [0.29, 0.717) is 16.9 Å². The molecule has 0 aliphatic heterocycles. The van der Waals surface area contributed by atoms with Crippen LogP contribution in [0.15, 0.2) is 6.07 Å². The summed E-state index contributed by atoms with van der Waals surface area (Å²) in [5.41, 5.74) is 1.80. The molecule has 0 saturated heterocycles. The van der Waals surface area contributed by atoms with Crippen molar-refractivity contribution in [2.75, 3.05) is 7.11 Å². The first kappa shape index (κ1) is 14.7. The van der Waals surface area contributed by atoms with Crippen molar-refractivity contribution in [3.05, 3.63) is 22.8 Å². The number of aryl methyl sites for hydroxylation is 1. The largest absolute Gasteiger partial charge is 0.504 e. The van der Waals surface area contributed by atoms with Gasteiger partial charge in [0.2, 0.25) is 0 Å². The molecule has 0 unspecified atom stereocenters. The van der Waals surface area contributed by atoms with E-state index in [1.807, 2.05) is 6.92 Å². The maximum Gasteiger partial charge on any atom is 0.167 e. The summed E-state index contributed by atoms with van der Waals surface area (Å²) in [6, 6.07) is 1.70. The van der Waals surface area contributed by atoms with E-state index in [1.165, 1.54) is 7.11 Å². The zero-order valence-electron chi connectivity index (χ0n) is 9.17. The first-order chi connectivity index (χ1) is 7.19. The number of methoxy groups -OCH3 is 1. The standard InChI is InChI=1S/C11H14N2O2.Mn/c1-3-7-4-10(15-2)11(14)9(6-13)8(7)5-12;/h4-6,12-14H,3H2,1-2H3;. The average molecular weight is 261 g/mol. The topological polar surface area (TPSA) is 77.2 Å². The molecule has 0 aliphatic carbocycles. The maximum atomic E-state index is 9.74. The van der Waals surface area contributed by atoms with Gasteiger partial charge < -0.3 is 20.7 Å². The first-order valence-corrected chi connectivity index (χ1v) is 4.63. The van der Waals surface area contributed by atoms with Crippen molar-refractivity contribution in [1.82, 2.24) is 0 Å². The van der Waals surface area contributed by atoms with Gasteiger partial charge in [0, 0.05) is 40.6 Å². The molecule has 0 atom stereocenters. The maximum absolute atomic E-state index is 9.74. The van der Waals surface area contributed by atoms with Crippen molar-refractivity contribution in [1.29, 1.82) is 10.8 Å². The van der Waals surface area contributed by atoms with Crippen molar-refractivity contribution in [3.8, 4) is 11.5 Å². The Morgan fingerprint density at radius 2 is 1.88 bits per heavy atom. The molecule has 0 aliphatic rings. The number of hydrogen-bond acceptors (Lipinski definition) is 4. The molecular weight excluding hydrogens is 247 g/mol. The molecule has 1 aromatic rings. The third-order valence-electron chi connectivity index (χ3n) is 2.32. The Morgan fingerprint density at radius 3 is 2.25 bits per heavy atom. The molecule has 1 aromatic carbocycles. The zero-order valence-corrected chi connectivity index (χ0v) is 10.4. The predicted molar refractivity (Wildman–Crippen MR) is 59.8 cm³/mol. The Labute approximate surface area is 105 Å². The number of benzene rings is 1. The van der Waals surface area contributed by atoms with E-state index in [-0.39, 0.29) is 22.8 Å². The van der Waals surface area contributed by atoms with E-state index in [4.69, 9.17) is 15.6 Å². The molecule has 1 rings (SSSR count). The smallest absolute Gasteiger partial charge is 0.167 e. The van der Waals surface area contributed by atoms with Crippen LogP contribution in [0.1, 0.15) is 23.6 Å². The summed E-state index contributed by atoms with van der Waals surface area (Å²) in [6.45, 7) is 1.95. The van der Waals surface area contributed by atoms with Crippen molar-refractivity contribution < 1.29 is 26.9 Å². The average Bonchev–Trinajstić information content (AvgIpc) is 2.28. The number of phenols is 1. The van der Waals surface area contributed by atoms with Crippen LogP contribution in [-0.4, -0.2) is 24.6 Å². The van der Waals surface area contributed by atoms with Crippen molar-refractivity contribution in [3.63, 3.8) is 0 Å². The van der Waals surface area contributed by atoms with Gasteiger partial charge in [0.25, 0.3) is 0 Å². The van der Waals surface area contributed by atoms with Gasteiger partial charge in [-0.3, -0.25) is 0 Å². The Bertz CT molecular complexity index is 405. The number of aromatic hydroxyl groups is 1. The SMILES string of the molecule is CCc1cc(OC)c(O)c(C=N)c1C=N.[Mn]. The quantitative estimate of drug-likeness (QED) is 0.572. The van der Waals surface area contributed by atoms with Crippen LogP contribution in [0.25, 0.3) is 0 Å². The van der Waals surface area contributed by atoms with E-state index in [9.17, 15) is 5.11 Å². The zero-order chi connectivity index (χ0) is 11.4. The van der Waals surface area contributed by atoms with Gasteiger partial charge in [0.1, 0.15) is 0 Å². The van der Waals surface area contributed by atoms with Gasteiger partial charge in [-0.05, 0) is 18.1 Å². The van der Waals surface area contributed by atoms with E-state index in [0.717, 1.165) is 24.4 Å². The van der Waals surface area contributed by atoms with Crippen LogP contribution >= 0.6 is 0 Å². The molecule has 0 heterocycles. The second kappa shape index (κ2) is 6.30. The Hall–Kier alpha value is -1.32. The normalized spacial score (nSPS) is 9.12. The van der Waals surface area contributed by atoms with Gasteiger partial charge in [0.15, 0.2) is 11.5 Å². The number of ether oxygens (including phenoxy) is 1. The minimum atomic E-state index is -0.0804. The molecule has 0 bridgehead atoms. The van der Waals surface area contributed by atoms with Crippen LogP contribution in [0, 0.1) is 10.8 Å². The summed E-state index contributed by atoms with van der Waals surface area (Å²) in [5.74, 6) is 0.263. The molecule has 5 heteroatoms. The Balaban J connectivity index is 0.00000225. The van der Waals surface area contributed by atoms with Crippen molar-refractivity contribution in [2.24, 2.45) is 0 Å². The summed E-state index contributed by atoms with van der Waals surface area (Å²) < 4.78 is 5.00. The van der Waals surface area contributed by atoms with E-state index < -0.39 is 0 Å². The van der Waals surface area contributed by atoms with E-state index in [2.05, 4.69) is 0 Å². The molecule has 0 fully saturated rings. The third kappa shape index (κ3) is 2.43. The molecule has 4 nitrogen and oxygen atoms in total. The summed E-state index contributed by atoms with van der Waals surface area (Å²) in [4.78, 5) is 0. The fourth-order valence-corrected chi connectivity index (χ4v) is 1.50. The van der Waals surface area contributed by atoms with Crippen LogP contribution in [0.4, 0.5) is 0 Å². The van der Waals surface area contributed by atoms with Crippen LogP contribution in [0.5, 0.6) is 11.5 Å². The fourth-order valence-electron chi connectivity index (χ4n) is 1.50. The molecule has 1 radical (unpaired) electrons. The molecule has 16 heavy (non-hydrogen) atoms. The number of nitrogens with one attached hydrogen (secondary N) is 2. The Morgan fingerprint density at radius 1 is 1.31 bits per heavy atom. The second-order valence-electron chi connectivity index (χ2n) is 3.06. The van der Waals surface area contributed by atoms with Crippen LogP contribution < -0.4 is 4.74 Å². The van der Waals surface area contributed by atoms with Crippen molar-refractivity contribution in [2.45, 2.75) is 13.3 Å². The van der Waals surface area contributed by atoms with Gasteiger partial charge >= 0.3 is 0 Å². The van der Waals surface area contributed by atoms with Crippen LogP contribution in [-0.2, 0) is 23.5 Å². The van der Waals surface area contributed by atoms with Gasteiger partial charge in [-0.25, -0.2) is 0 Å². The number of hydrogen-bond donors (Lipinski definition) is 3. The second-order valence-corrected chi connectivity index (χ2v) is 3.06. The fraction of sp³-hybridized carbons (Fsp3) is 0.273. The van der Waals surface area contributed by atoms with Gasteiger partial charge in [0.05, 0.1) is 7.11 Å². The minimum Gasteiger partial charge on any atom is -0.504 e. The summed E-state index contributed by atoms with van der Waals surface area (Å²) in [6.07, 6.45) is 2.91. The Kier molecular flexibility index (Phi) is 5.78. The molecule has 0 saturated carbocycles. The monoisotopic (exact) mass is 261 g/mol. The van der Waals surface area contributed by atoms with Gasteiger partial charge in [-0.2, -0.15) is 0 Å². The van der Waals surface area contributed by atoms with Gasteiger partial charge in [-0.1, -0.05) is 6.92 Å². The minimum absolute atomic E-state index is 0. The number of phenolic OH excluding ortho intramolecular Hbond substituents is 1.